The first-order chi connectivity index (χ1) is 5.81. The maximum Gasteiger partial charge on any atom is 0.155 e. The van der Waals surface area contributed by atoms with E-state index in [0.29, 0.717) is 25.7 Å². The lowest BCUT2D eigenvalue weighted by atomic mass is 10.7. The molecule has 0 aliphatic rings. The van der Waals surface area contributed by atoms with Crippen molar-refractivity contribution >= 4 is 11.6 Å². The van der Waals surface area contributed by atoms with E-state index < -0.39 is 0 Å². The third kappa shape index (κ3) is 7.85. The quantitative estimate of drug-likeness (QED) is 0.255. The van der Waals surface area contributed by atoms with Crippen molar-refractivity contribution in [3.63, 3.8) is 0 Å². The molecule has 1 unspecified atom stereocenters. The Hall–Kier alpha value is -0.250. The van der Waals surface area contributed by atoms with Crippen LogP contribution >= 0.6 is 11.6 Å². The first-order valence-electron chi connectivity index (χ1n) is 3.83. The van der Waals surface area contributed by atoms with Gasteiger partial charge >= 0.3 is 0 Å². The van der Waals surface area contributed by atoms with Crippen molar-refractivity contribution in [2.24, 2.45) is 0 Å². The third-order valence-corrected chi connectivity index (χ3v) is 1.26. The standard InChI is InChI=1S/C8H15ClO3/c1-3-10-6-7-12-8(2)11-5-4-9/h3,8H,1,4-7H2,2H3. The van der Waals surface area contributed by atoms with Gasteiger partial charge in [0.2, 0.25) is 0 Å². The topological polar surface area (TPSA) is 27.7 Å². The van der Waals surface area contributed by atoms with Crippen LogP contribution in [0.15, 0.2) is 12.8 Å². The summed E-state index contributed by atoms with van der Waals surface area (Å²) in [7, 11) is 0. The Kier molecular flexibility index (Phi) is 8.66. The van der Waals surface area contributed by atoms with Gasteiger partial charge in [-0.2, -0.15) is 0 Å². The zero-order valence-electron chi connectivity index (χ0n) is 7.29. The van der Waals surface area contributed by atoms with Crippen molar-refractivity contribution < 1.29 is 14.2 Å². The van der Waals surface area contributed by atoms with Crippen LogP contribution in [0.3, 0.4) is 0 Å². The van der Waals surface area contributed by atoms with Gasteiger partial charge in [-0.05, 0) is 6.92 Å². The second-order valence-corrected chi connectivity index (χ2v) is 2.41. The predicted octanol–water partition coefficient (Wildman–Crippen LogP) is 1.76. The highest BCUT2D eigenvalue weighted by molar-refractivity contribution is 6.17. The molecule has 0 aromatic rings. The Morgan fingerprint density at radius 1 is 1.33 bits per heavy atom. The van der Waals surface area contributed by atoms with Crippen LogP contribution in [0.25, 0.3) is 0 Å². The summed E-state index contributed by atoms with van der Waals surface area (Å²) in [6.07, 6.45) is 1.16. The SMILES string of the molecule is C=COCCOC(C)OCCCl. The summed E-state index contributed by atoms with van der Waals surface area (Å²) in [6.45, 7) is 6.72. The number of alkyl halides is 1. The van der Waals surface area contributed by atoms with Crippen molar-refractivity contribution in [2.75, 3.05) is 25.7 Å². The van der Waals surface area contributed by atoms with Gasteiger partial charge in [-0.15, -0.1) is 11.6 Å². The number of hydrogen-bond acceptors (Lipinski definition) is 3. The minimum absolute atomic E-state index is 0.225. The second kappa shape index (κ2) is 8.84. The van der Waals surface area contributed by atoms with Gasteiger partial charge in [0, 0.05) is 5.88 Å². The van der Waals surface area contributed by atoms with Crippen LogP contribution in [0.4, 0.5) is 0 Å². The van der Waals surface area contributed by atoms with E-state index in [4.69, 9.17) is 25.8 Å². The molecular formula is C8H15ClO3. The van der Waals surface area contributed by atoms with Crippen LogP contribution in [0.1, 0.15) is 6.92 Å². The second-order valence-electron chi connectivity index (χ2n) is 2.04. The third-order valence-electron chi connectivity index (χ3n) is 1.10. The van der Waals surface area contributed by atoms with Gasteiger partial charge in [0.05, 0.1) is 19.5 Å². The molecule has 0 aliphatic carbocycles. The highest BCUT2D eigenvalue weighted by Crippen LogP contribution is 1.93. The molecule has 0 heterocycles. The van der Waals surface area contributed by atoms with Crippen LogP contribution in [0.5, 0.6) is 0 Å². The summed E-state index contributed by atoms with van der Waals surface area (Å²) < 4.78 is 15.2. The van der Waals surface area contributed by atoms with Crippen LogP contribution in [-0.2, 0) is 14.2 Å². The molecule has 72 valence electrons. The average Bonchev–Trinajstić information content (AvgIpc) is 2.09. The molecule has 12 heavy (non-hydrogen) atoms. The van der Waals surface area contributed by atoms with Gasteiger partial charge in [0.25, 0.3) is 0 Å². The number of halogens is 1. The molecule has 0 N–H and O–H groups in total. The lowest BCUT2D eigenvalue weighted by molar-refractivity contribution is -0.132. The highest BCUT2D eigenvalue weighted by atomic mass is 35.5. The largest absolute Gasteiger partial charge is 0.499 e. The molecule has 0 aliphatic heterocycles. The lowest BCUT2D eigenvalue weighted by Gasteiger charge is -2.12. The van der Waals surface area contributed by atoms with Gasteiger partial charge in [0.15, 0.2) is 6.29 Å². The molecule has 3 nitrogen and oxygen atoms in total. The molecule has 0 saturated carbocycles. The van der Waals surface area contributed by atoms with Gasteiger partial charge in [0.1, 0.15) is 6.61 Å². The minimum Gasteiger partial charge on any atom is -0.499 e. The van der Waals surface area contributed by atoms with E-state index in [0.717, 1.165) is 0 Å². The summed E-state index contributed by atoms with van der Waals surface area (Å²) in [6, 6.07) is 0. The molecule has 0 aromatic heterocycles. The fraction of sp³-hybridized carbons (Fsp3) is 0.750. The van der Waals surface area contributed by atoms with E-state index in [9.17, 15) is 0 Å². The maximum atomic E-state index is 5.41. The van der Waals surface area contributed by atoms with Crippen LogP contribution in [0, 0.1) is 0 Å². The normalized spacial score (nSPS) is 12.5. The molecule has 0 spiro atoms. The fourth-order valence-electron chi connectivity index (χ4n) is 0.604. The van der Waals surface area contributed by atoms with Crippen molar-refractivity contribution in [1.82, 2.24) is 0 Å². The Labute approximate surface area is 78.2 Å². The molecule has 0 amide bonds. The molecule has 0 fully saturated rings. The number of rotatable bonds is 8. The zero-order valence-corrected chi connectivity index (χ0v) is 8.05. The van der Waals surface area contributed by atoms with Crippen molar-refractivity contribution in [3.05, 3.63) is 12.8 Å². The molecular weight excluding hydrogens is 180 g/mol. The Bertz CT molecular complexity index is 108. The predicted molar refractivity (Wildman–Crippen MR) is 48.2 cm³/mol. The van der Waals surface area contributed by atoms with Crippen LogP contribution in [0.2, 0.25) is 0 Å². The van der Waals surface area contributed by atoms with E-state index in [1.165, 1.54) is 6.26 Å². The van der Waals surface area contributed by atoms with Crippen molar-refractivity contribution in [2.45, 2.75) is 13.2 Å². The maximum absolute atomic E-state index is 5.41. The molecule has 0 aromatic carbocycles. The molecule has 0 radical (unpaired) electrons. The van der Waals surface area contributed by atoms with Gasteiger partial charge in [-0.1, -0.05) is 6.58 Å². The van der Waals surface area contributed by atoms with Crippen molar-refractivity contribution in [1.29, 1.82) is 0 Å². The molecule has 0 rings (SSSR count). The Morgan fingerprint density at radius 3 is 2.58 bits per heavy atom. The zero-order chi connectivity index (χ0) is 9.23. The number of ether oxygens (including phenoxy) is 3. The summed E-state index contributed by atoms with van der Waals surface area (Å²) in [5.74, 6) is 0.483. The number of hydrogen-bond donors (Lipinski definition) is 0. The van der Waals surface area contributed by atoms with Crippen LogP contribution < -0.4 is 0 Å². The molecule has 4 heteroatoms. The van der Waals surface area contributed by atoms with E-state index in [1.54, 1.807) is 0 Å². The molecule has 0 bridgehead atoms. The summed E-state index contributed by atoms with van der Waals surface area (Å²) >= 11 is 5.41. The fourth-order valence-corrected chi connectivity index (χ4v) is 0.693. The Balaban J connectivity index is 3.07. The highest BCUT2D eigenvalue weighted by Gasteiger charge is 1.99. The first-order valence-corrected chi connectivity index (χ1v) is 4.36. The first kappa shape index (κ1) is 11.8. The van der Waals surface area contributed by atoms with Gasteiger partial charge in [-0.25, -0.2) is 0 Å². The van der Waals surface area contributed by atoms with Crippen LogP contribution in [-0.4, -0.2) is 32.0 Å². The summed E-state index contributed by atoms with van der Waals surface area (Å²) in [5.41, 5.74) is 0. The molecule has 1 atom stereocenters. The van der Waals surface area contributed by atoms with Gasteiger partial charge < -0.3 is 14.2 Å². The Morgan fingerprint density at radius 2 is 2.00 bits per heavy atom. The summed E-state index contributed by atoms with van der Waals surface area (Å²) in [5, 5.41) is 0. The minimum atomic E-state index is -0.225. The van der Waals surface area contributed by atoms with E-state index >= 15 is 0 Å². The van der Waals surface area contributed by atoms with Crippen molar-refractivity contribution in [3.8, 4) is 0 Å². The van der Waals surface area contributed by atoms with E-state index in [1.807, 2.05) is 6.92 Å². The molecule has 0 saturated heterocycles. The summed E-state index contributed by atoms with van der Waals surface area (Å²) in [4.78, 5) is 0. The van der Waals surface area contributed by atoms with E-state index in [-0.39, 0.29) is 6.29 Å². The van der Waals surface area contributed by atoms with E-state index in [2.05, 4.69) is 6.58 Å². The van der Waals surface area contributed by atoms with Gasteiger partial charge in [-0.3, -0.25) is 0 Å². The monoisotopic (exact) mass is 194 g/mol. The lowest BCUT2D eigenvalue weighted by Crippen LogP contribution is -2.16. The average molecular weight is 195 g/mol. The smallest absolute Gasteiger partial charge is 0.155 e.